The Morgan fingerprint density at radius 2 is 1.57 bits per heavy atom. The van der Waals surface area contributed by atoms with E-state index in [0.717, 1.165) is 5.57 Å². The Kier molecular flexibility index (Phi) is 10.4. The third-order valence-electron chi connectivity index (χ3n) is 5.81. The molecule has 5 N–H and O–H groups in total. The second kappa shape index (κ2) is 12.2. The van der Waals surface area contributed by atoms with E-state index in [4.69, 9.17) is 0 Å². The molecule has 30 heavy (non-hydrogen) atoms. The summed E-state index contributed by atoms with van der Waals surface area (Å²) in [7, 11) is 0. The fraction of sp³-hybridized carbons (Fsp3) is 0.565. The maximum atomic E-state index is 11.7. The van der Waals surface area contributed by atoms with Crippen molar-refractivity contribution in [1.82, 2.24) is 0 Å². The molecule has 4 unspecified atom stereocenters. The molecule has 1 aromatic rings. The van der Waals surface area contributed by atoms with Crippen molar-refractivity contribution in [3.63, 3.8) is 0 Å². The second-order valence-electron chi connectivity index (χ2n) is 8.21. The van der Waals surface area contributed by atoms with E-state index >= 15 is 0 Å². The average molecular weight is 423 g/mol. The normalized spacial score (nSPS) is 15.9. The van der Waals surface area contributed by atoms with Gasteiger partial charge in [-0.15, -0.1) is 0 Å². The van der Waals surface area contributed by atoms with Crippen LogP contribution in [0.25, 0.3) is 0 Å². The third-order valence-corrected chi connectivity index (χ3v) is 5.81. The van der Waals surface area contributed by atoms with Gasteiger partial charge in [0.05, 0.1) is 11.8 Å². The Labute approximate surface area is 177 Å². The number of phenolic OH excluding ortho intramolecular Hbond substituents is 2. The molecule has 0 heterocycles. The molecule has 0 aliphatic carbocycles. The fourth-order valence-corrected chi connectivity index (χ4v) is 3.58. The summed E-state index contributed by atoms with van der Waals surface area (Å²) in [5, 5.41) is 47.6. The molecule has 1 rings (SSSR count). The standard InChI is InChI=1S/C23H34O7/c1-14(4-7-17-12-18(25)8-11-21(17)26)5-9-19(22(27)28)15(2)6-10-20(23(29)30)16(3)13-24/h4,8,11-12,15-16,19-20,24-26H,5-7,9-10,13H2,1-3H3,(H,27,28)(H,29,30). The first kappa shape index (κ1) is 25.5. The van der Waals surface area contributed by atoms with E-state index in [1.165, 1.54) is 18.2 Å². The van der Waals surface area contributed by atoms with Crippen LogP contribution >= 0.6 is 0 Å². The molecule has 0 saturated heterocycles. The van der Waals surface area contributed by atoms with Crippen LogP contribution in [0.3, 0.4) is 0 Å². The van der Waals surface area contributed by atoms with E-state index < -0.39 is 23.8 Å². The van der Waals surface area contributed by atoms with E-state index in [9.17, 15) is 35.1 Å². The van der Waals surface area contributed by atoms with Crippen LogP contribution in [-0.2, 0) is 16.0 Å². The minimum atomic E-state index is -0.968. The van der Waals surface area contributed by atoms with Crippen molar-refractivity contribution in [2.75, 3.05) is 6.61 Å². The van der Waals surface area contributed by atoms with Crippen LogP contribution < -0.4 is 0 Å². The number of aliphatic carboxylic acids is 2. The van der Waals surface area contributed by atoms with Crippen LogP contribution in [0.4, 0.5) is 0 Å². The Morgan fingerprint density at radius 1 is 0.967 bits per heavy atom. The van der Waals surface area contributed by atoms with Gasteiger partial charge >= 0.3 is 11.9 Å². The maximum Gasteiger partial charge on any atom is 0.306 e. The van der Waals surface area contributed by atoms with Gasteiger partial charge < -0.3 is 25.5 Å². The lowest BCUT2D eigenvalue weighted by molar-refractivity contribution is -0.144. The maximum absolute atomic E-state index is 11.7. The molecule has 0 spiro atoms. The number of aromatic hydroxyl groups is 2. The summed E-state index contributed by atoms with van der Waals surface area (Å²) in [6.45, 7) is 5.18. The van der Waals surface area contributed by atoms with Gasteiger partial charge in [-0.05, 0) is 69.1 Å². The van der Waals surface area contributed by atoms with Gasteiger partial charge in [0, 0.05) is 12.2 Å². The SMILES string of the molecule is CC(=CCc1cc(O)ccc1O)CCC(C(=O)O)C(C)CCC(C(=O)O)C(C)CO. The molecule has 0 fully saturated rings. The minimum Gasteiger partial charge on any atom is -0.508 e. The van der Waals surface area contributed by atoms with Gasteiger partial charge in [0.1, 0.15) is 11.5 Å². The highest BCUT2D eigenvalue weighted by molar-refractivity contribution is 5.71. The molecule has 0 saturated carbocycles. The van der Waals surface area contributed by atoms with Crippen molar-refractivity contribution in [2.45, 2.75) is 52.9 Å². The van der Waals surface area contributed by atoms with Crippen LogP contribution in [0.1, 0.15) is 52.0 Å². The molecule has 1 aromatic carbocycles. The number of phenols is 2. The number of hydrogen-bond donors (Lipinski definition) is 5. The molecule has 0 radical (unpaired) electrons. The lowest BCUT2D eigenvalue weighted by Gasteiger charge is -2.24. The van der Waals surface area contributed by atoms with Crippen LogP contribution in [0.5, 0.6) is 11.5 Å². The number of aliphatic hydroxyl groups excluding tert-OH is 1. The molecular weight excluding hydrogens is 388 g/mol. The summed E-state index contributed by atoms with van der Waals surface area (Å²) in [6, 6.07) is 4.33. The first-order chi connectivity index (χ1) is 14.1. The van der Waals surface area contributed by atoms with Crippen molar-refractivity contribution in [3.8, 4) is 11.5 Å². The van der Waals surface area contributed by atoms with E-state index in [0.29, 0.717) is 37.7 Å². The Hall–Kier alpha value is -2.54. The summed E-state index contributed by atoms with van der Waals surface area (Å²) in [5.74, 6) is -3.56. The zero-order valence-corrected chi connectivity index (χ0v) is 17.9. The van der Waals surface area contributed by atoms with Gasteiger partial charge in [-0.1, -0.05) is 25.5 Å². The molecule has 0 aromatic heterocycles. The summed E-state index contributed by atoms with van der Waals surface area (Å²) in [4.78, 5) is 23.1. The smallest absolute Gasteiger partial charge is 0.306 e. The topological polar surface area (TPSA) is 135 Å². The highest BCUT2D eigenvalue weighted by Crippen LogP contribution is 2.29. The number of carboxylic acids is 2. The lowest BCUT2D eigenvalue weighted by Crippen LogP contribution is -2.27. The van der Waals surface area contributed by atoms with Crippen molar-refractivity contribution in [1.29, 1.82) is 0 Å². The molecular formula is C23H34O7. The molecule has 0 aliphatic rings. The average Bonchev–Trinajstić information content (AvgIpc) is 2.68. The Balaban J connectivity index is 2.66. The third kappa shape index (κ3) is 8.06. The van der Waals surface area contributed by atoms with Gasteiger partial charge in [0.2, 0.25) is 0 Å². The minimum absolute atomic E-state index is 0.0730. The number of benzene rings is 1. The quantitative estimate of drug-likeness (QED) is 0.241. The predicted octanol–water partition coefficient (Wildman–Crippen LogP) is 3.81. The monoisotopic (exact) mass is 422 g/mol. The Morgan fingerprint density at radius 3 is 2.13 bits per heavy atom. The number of carboxylic acid groups (broad SMARTS) is 2. The van der Waals surface area contributed by atoms with Gasteiger partial charge in [-0.3, -0.25) is 9.59 Å². The van der Waals surface area contributed by atoms with Gasteiger partial charge in [0.15, 0.2) is 0 Å². The molecule has 0 amide bonds. The highest BCUT2D eigenvalue weighted by atomic mass is 16.4. The van der Waals surface area contributed by atoms with Crippen LogP contribution in [0.2, 0.25) is 0 Å². The molecule has 7 nitrogen and oxygen atoms in total. The van der Waals surface area contributed by atoms with Gasteiger partial charge in [0.25, 0.3) is 0 Å². The summed E-state index contributed by atoms with van der Waals surface area (Å²) < 4.78 is 0. The van der Waals surface area contributed by atoms with Gasteiger partial charge in [-0.25, -0.2) is 0 Å². The second-order valence-corrected chi connectivity index (χ2v) is 8.21. The van der Waals surface area contributed by atoms with E-state index in [-0.39, 0.29) is 29.9 Å². The zero-order valence-electron chi connectivity index (χ0n) is 17.9. The first-order valence-electron chi connectivity index (χ1n) is 10.3. The van der Waals surface area contributed by atoms with E-state index in [1.54, 1.807) is 6.92 Å². The fourth-order valence-electron chi connectivity index (χ4n) is 3.58. The van der Waals surface area contributed by atoms with Crippen molar-refractivity contribution >= 4 is 11.9 Å². The van der Waals surface area contributed by atoms with Crippen molar-refractivity contribution in [2.24, 2.45) is 23.7 Å². The number of carbonyl (C=O) groups is 2. The van der Waals surface area contributed by atoms with Gasteiger partial charge in [-0.2, -0.15) is 0 Å². The van der Waals surface area contributed by atoms with E-state index in [1.807, 2.05) is 19.9 Å². The molecule has 168 valence electrons. The highest BCUT2D eigenvalue weighted by Gasteiger charge is 2.29. The largest absolute Gasteiger partial charge is 0.508 e. The first-order valence-corrected chi connectivity index (χ1v) is 10.3. The molecule has 0 bridgehead atoms. The van der Waals surface area contributed by atoms with E-state index in [2.05, 4.69) is 0 Å². The van der Waals surface area contributed by atoms with Crippen molar-refractivity contribution < 1.29 is 35.1 Å². The molecule has 0 aliphatic heterocycles. The zero-order chi connectivity index (χ0) is 22.8. The summed E-state index contributed by atoms with van der Waals surface area (Å²) in [5.41, 5.74) is 1.57. The number of allylic oxidation sites excluding steroid dienone is 2. The summed E-state index contributed by atoms with van der Waals surface area (Å²) in [6.07, 6.45) is 4.11. The number of hydrogen-bond acceptors (Lipinski definition) is 5. The predicted molar refractivity (Wildman–Crippen MR) is 113 cm³/mol. The van der Waals surface area contributed by atoms with Crippen LogP contribution in [0.15, 0.2) is 29.8 Å². The van der Waals surface area contributed by atoms with Crippen molar-refractivity contribution in [3.05, 3.63) is 35.4 Å². The number of aliphatic hydroxyl groups is 1. The molecule has 7 heteroatoms. The summed E-state index contributed by atoms with van der Waals surface area (Å²) >= 11 is 0. The van der Waals surface area contributed by atoms with Crippen LogP contribution in [-0.4, -0.2) is 44.1 Å². The lowest BCUT2D eigenvalue weighted by atomic mass is 9.81. The van der Waals surface area contributed by atoms with Crippen LogP contribution in [0, 0.1) is 23.7 Å². The molecule has 4 atom stereocenters. The number of rotatable bonds is 13. The Bertz CT molecular complexity index is 741.